The maximum absolute atomic E-state index is 13.6. The first-order valence-electron chi connectivity index (χ1n) is 7.89. The van der Waals surface area contributed by atoms with Crippen LogP contribution in [0.25, 0.3) is 0 Å². The zero-order valence-electron chi connectivity index (χ0n) is 13.6. The van der Waals surface area contributed by atoms with Crippen LogP contribution in [0.2, 0.25) is 5.02 Å². The minimum atomic E-state index is -0.372. The van der Waals surface area contributed by atoms with E-state index >= 15 is 0 Å². The molecule has 0 radical (unpaired) electrons. The number of halogens is 2. The van der Waals surface area contributed by atoms with Crippen molar-refractivity contribution in [3.8, 4) is 0 Å². The Morgan fingerprint density at radius 3 is 2.19 bits per heavy atom. The molecule has 1 aromatic rings. The molecule has 0 heterocycles. The second-order valence-electron chi connectivity index (χ2n) is 5.54. The van der Waals surface area contributed by atoms with E-state index in [0.29, 0.717) is 6.42 Å². The zero-order chi connectivity index (χ0) is 16.0. The predicted molar refractivity (Wildman–Crippen MR) is 89.3 cm³/mol. The number of nitrogens with zero attached hydrogens (tertiary/aromatic N) is 1. The molecule has 1 aromatic carbocycles. The third-order valence-corrected chi connectivity index (χ3v) is 5.05. The SMILES string of the molecule is CCN(CC)C(CC)(CC)C(N)Cc1ccc(Cl)c(F)c1. The number of hydrogen-bond donors (Lipinski definition) is 1. The van der Waals surface area contributed by atoms with Gasteiger partial charge in [-0.1, -0.05) is 45.4 Å². The number of benzene rings is 1. The molecule has 0 aliphatic rings. The van der Waals surface area contributed by atoms with Crippen LogP contribution in [0.1, 0.15) is 46.1 Å². The van der Waals surface area contributed by atoms with Crippen LogP contribution >= 0.6 is 11.6 Å². The molecule has 0 spiro atoms. The van der Waals surface area contributed by atoms with Crippen molar-refractivity contribution < 1.29 is 4.39 Å². The van der Waals surface area contributed by atoms with E-state index in [0.717, 1.165) is 31.5 Å². The summed E-state index contributed by atoms with van der Waals surface area (Å²) in [6.45, 7) is 10.6. The Morgan fingerprint density at radius 2 is 1.76 bits per heavy atom. The first-order chi connectivity index (χ1) is 9.94. The lowest BCUT2D eigenvalue weighted by Crippen LogP contribution is -2.60. The highest BCUT2D eigenvalue weighted by molar-refractivity contribution is 6.30. The molecular formula is C17H28ClFN2. The van der Waals surface area contributed by atoms with E-state index in [9.17, 15) is 4.39 Å². The third-order valence-electron chi connectivity index (χ3n) is 4.75. The Balaban J connectivity index is 3.00. The van der Waals surface area contributed by atoms with Gasteiger partial charge < -0.3 is 5.73 Å². The van der Waals surface area contributed by atoms with Crippen molar-refractivity contribution in [1.82, 2.24) is 4.90 Å². The number of rotatable bonds is 8. The van der Waals surface area contributed by atoms with Crippen LogP contribution in [-0.2, 0) is 6.42 Å². The molecule has 0 saturated carbocycles. The fourth-order valence-electron chi connectivity index (χ4n) is 3.42. The molecule has 120 valence electrons. The molecule has 0 aromatic heterocycles. The van der Waals surface area contributed by atoms with E-state index in [1.165, 1.54) is 6.07 Å². The predicted octanol–water partition coefficient (Wildman–Crippen LogP) is 4.25. The normalized spacial score (nSPS) is 13.7. The first-order valence-corrected chi connectivity index (χ1v) is 8.27. The summed E-state index contributed by atoms with van der Waals surface area (Å²) in [7, 11) is 0. The largest absolute Gasteiger partial charge is 0.326 e. The minimum absolute atomic E-state index is 0.0343. The Morgan fingerprint density at radius 1 is 1.19 bits per heavy atom. The summed E-state index contributed by atoms with van der Waals surface area (Å²) in [5.41, 5.74) is 7.41. The van der Waals surface area contributed by atoms with Crippen LogP contribution in [0.5, 0.6) is 0 Å². The quantitative estimate of drug-likeness (QED) is 0.777. The summed E-state index contributed by atoms with van der Waals surface area (Å²) in [6, 6.07) is 4.94. The minimum Gasteiger partial charge on any atom is -0.326 e. The van der Waals surface area contributed by atoms with Gasteiger partial charge in [0.2, 0.25) is 0 Å². The third kappa shape index (κ3) is 3.97. The fraction of sp³-hybridized carbons (Fsp3) is 0.647. The van der Waals surface area contributed by atoms with Crippen molar-refractivity contribution >= 4 is 11.6 Å². The van der Waals surface area contributed by atoms with Gasteiger partial charge in [-0.3, -0.25) is 4.90 Å². The van der Waals surface area contributed by atoms with Gasteiger partial charge in [0.15, 0.2) is 0 Å². The van der Waals surface area contributed by atoms with E-state index < -0.39 is 0 Å². The van der Waals surface area contributed by atoms with Gasteiger partial charge in [0.1, 0.15) is 5.82 Å². The van der Waals surface area contributed by atoms with Crippen molar-refractivity contribution in [2.24, 2.45) is 5.73 Å². The van der Waals surface area contributed by atoms with Crippen LogP contribution < -0.4 is 5.73 Å². The molecule has 21 heavy (non-hydrogen) atoms. The highest BCUT2D eigenvalue weighted by Gasteiger charge is 2.37. The summed E-state index contributed by atoms with van der Waals surface area (Å²) < 4.78 is 13.6. The van der Waals surface area contributed by atoms with Crippen LogP contribution in [0, 0.1) is 5.82 Å². The summed E-state index contributed by atoms with van der Waals surface area (Å²) in [4.78, 5) is 2.43. The molecule has 0 fully saturated rings. The van der Waals surface area contributed by atoms with E-state index in [4.69, 9.17) is 17.3 Å². The molecule has 4 heteroatoms. The van der Waals surface area contributed by atoms with Crippen LogP contribution in [-0.4, -0.2) is 29.6 Å². The van der Waals surface area contributed by atoms with Crippen LogP contribution in [0.4, 0.5) is 4.39 Å². The second kappa shape index (κ2) is 8.11. The Kier molecular flexibility index (Phi) is 7.11. The average molecular weight is 315 g/mol. The summed E-state index contributed by atoms with van der Waals surface area (Å²) >= 11 is 5.74. The number of hydrogen-bond acceptors (Lipinski definition) is 2. The summed E-state index contributed by atoms with van der Waals surface area (Å²) in [5.74, 6) is -0.372. The lowest BCUT2D eigenvalue weighted by molar-refractivity contribution is 0.0628. The molecule has 0 saturated heterocycles. The molecule has 0 bridgehead atoms. The van der Waals surface area contributed by atoms with Gasteiger partial charge in [-0.2, -0.15) is 0 Å². The molecule has 0 aliphatic carbocycles. The molecule has 1 atom stereocenters. The van der Waals surface area contributed by atoms with Gasteiger partial charge in [0.25, 0.3) is 0 Å². The van der Waals surface area contributed by atoms with Gasteiger partial charge in [-0.15, -0.1) is 0 Å². The zero-order valence-corrected chi connectivity index (χ0v) is 14.4. The van der Waals surface area contributed by atoms with E-state index in [2.05, 4.69) is 32.6 Å². The Labute approximate surface area is 133 Å². The maximum atomic E-state index is 13.6. The first kappa shape index (κ1) is 18.4. The molecule has 0 aliphatic heterocycles. The van der Waals surface area contributed by atoms with Gasteiger partial charge in [-0.05, 0) is 50.0 Å². The summed E-state index contributed by atoms with van der Waals surface area (Å²) in [6.07, 6.45) is 2.64. The standard InChI is InChI=1S/C17H28ClFN2/c1-5-17(6-2,21(7-3)8-4)16(20)12-13-9-10-14(18)15(19)11-13/h9-11,16H,5-8,12,20H2,1-4H3. The van der Waals surface area contributed by atoms with E-state index in [-0.39, 0.29) is 22.4 Å². The maximum Gasteiger partial charge on any atom is 0.142 e. The smallest absolute Gasteiger partial charge is 0.142 e. The lowest BCUT2D eigenvalue weighted by Gasteiger charge is -2.46. The van der Waals surface area contributed by atoms with Gasteiger partial charge >= 0.3 is 0 Å². The molecule has 1 unspecified atom stereocenters. The van der Waals surface area contributed by atoms with Crippen molar-refractivity contribution in [2.75, 3.05) is 13.1 Å². The molecule has 0 amide bonds. The molecule has 2 N–H and O–H groups in total. The van der Waals surface area contributed by atoms with Gasteiger partial charge in [0.05, 0.1) is 5.02 Å². The molecule has 1 rings (SSSR count). The highest BCUT2D eigenvalue weighted by Crippen LogP contribution is 2.29. The highest BCUT2D eigenvalue weighted by atomic mass is 35.5. The fourth-order valence-corrected chi connectivity index (χ4v) is 3.54. The van der Waals surface area contributed by atoms with E-state index in [1.54, 1.807) is 6.07 Å². The average Bonchev–Trinajstić information content (AvgIpc) is 2.48. The number of likely N-dealkylation sites (N-methyl/N-ethyl adjacent to an activating group) is 1. The van der Waals surface area contributed by atoms with Crippen LogP contribution in [0.15, 0.2) is 18.2 Å². The lowest BCUT2D eigenvalue weighted by atomic mass is 9.80. The second-order valence-corrected chi connectivity index (χ2v) is 5.95. The Bertz CT molecular complexity index is 442. The van der Waals surface area contributed by atoms with Crippen molar-refractivity contribution in [2.45, 2.75) is 58.5 Å². The molecule has 2 nitrogen and oxygen atoms in total. The van der Waals surface area contributed by atoms with Gasteiger partial charge in [-0.25, -0.2) is 4.39 Å². The van der Waals surface area contributed by atoms with Crippen molar-refractivity contribution in [1.29, 1.82) is 0 Å². The van der Waals surface area contributed by atoms with E-state index in [1.807, 2.05) is 6.07 Å². The molecular weight excluding hydrogens is 287 g/mol. The van der Waals surface area contributed by atoms with Crippen molar-refractivity contribution in [3.63, 3.8) is 0 Å². The summed E-state index contributed by atoms with van der Waals surface area (Å²) in [5, 5.41) is 0.160. The monoisotopic (exact) mass is 314 g/mol. The van der Waals surface area contributed by atoms with Gasteiger partial charge in [0, 0.05) is 11.6 Å². The van der Waals surface area contributed by atoms with Crippen molar-refractivity contribution in [3.05, 3.63) is 34.6 Å². The number of nitrogens with two attached hydrogens (primary N) is 1. The topological polar surface area (TPSA) is 29.3 Å². The Hall–Kier alpha value is -0.640. The van der Waals surface area contributed by atoms with Crippen LogP contribution in [0.3, 0.4) is 0 Å².